The first-order valence-electron chi connectivity index (χ1n) is 9.51. The molecule has 3 aromatic carbocycles. The molecule has 2 amide bonds. The molecule has 0 fully saturated rings. The summed E-state index contributed by atoms with van der Waals surface area (Å²) >= 11 is 0. The molecule has 0 radical (unpaired) electrons. The maximum Gasteiger partial charge on any atom is 0.283 e. The van der Waals surface area contributed by atoms with Crippen molar-refractivity contribution < 1.29 is 19.1 Å². The Kier molecular flexibility index (Phi) is 5.75. The summed E-state index contributed by atoms with van der Waals surface area (Å²) in [6, 6.07) is 24.9. The van der Waals surface area contributed by atoms with Gasteiger partial charge in [-0.1, -0.05) is 60.7 Å². The number of carbonyl (C=O) groups excluding carboxylic acids is 2. The first-order valence-corrected chi connectivity index (χ1v) is 9.51. The van der Waals surface area contributed by atoms with Crippen molar-refractivity contribution in [1.82, 2.24) is 10.9 Å². The summed E-state index contributed by atoms with van der Waals surface area (Å²) in [4.78, 5) is 24.3. The molecule has 1 unspecified atom stereocenters. The van der Waals surface area contributed by atoms with E-state index in [4.69, 9.17) is 9.47 Å². The first kappa shape index (κ1) is 19.3. The molecule has 4 rings (SSSR count). The Balaban J connectivity index is 1.31. The van der Waals surface area contributed by atoms with Gasteiger partial charge in [-0.25, -0.2) is 0 Å². The molecule has 6 heteroatoms. The summed E-state index contributed by atoms with van der Waals surface area (Å²) < 4.78 is 11.1. The molecule has 0 bridgehead atoms. The van der Waals surface area contributed by atoms with Gasteiger partial charge in [-0.3, -0.25) is 20.4 Å². The summed E-state index contributed by atoms with van der Waals surface area (Å²) in [5.74, 6) is 0.141. The normalized spacial score (nSPS) is 14.9. The fraction of sp³-hybridized carbons (Fsp3) is 0.0833. The fourth-order valence-corrected chi connectivity index (χ4v) is 3.02. The topological polar surface area (TPSA) is 76.7 Å². The summed E-state index contributed by atoms with van der Waals surface area (Å²) in [6.45, 7) is 0.0703. The highest BCUT2D eigenvalue weighted by atomic mass is 16.6. The first-order chi connectivity index (χ1) is 14.7. The van der Waals surface area contributed by atoms with Crippen molar-refractivity contribution in [3.63, 3.8) is 0 Å². The number of para-hydroxylation sites is 2. The summed E-state index contributed by atoms with van der Waals surface area (Å²) in [5, 5.41) is 0. The van der Waals surface area contributed by atoms with Crippen LogP contribution in [0.5, 0.6) is 11.5 Å². The molecule has 0 saturated carbocycles. The van der Waals surface area contributed by atoms with Crippen molar-refractivity contribution in [2.75, 3.05) is 6.61 Å². The number of nitrogens with one attached hydrogen (secondary N) is 2. The van der Waals surface area contributed by atoms with Crippen molar-refractivity contribution >= 4 is 17.9 Å². The van der Waals surface area contributed by atoms with Crippen LogP contribution in [-0.2, 0) is 9.59 Å². The number of ether oxygens (including phenoxy) is 2. The van der Waals surface area contributed by atoms with E-state index in [2.05, 4.69) is 10.9 Å². The van der Waals surface area contributed by atoms with Gasteiger partial charge >= 0.3 is 0 Å². The van der Waals surface area contributed by atoms with Gasteiger partial charge in [0, 0.05) is 6.08 Å². The zero-order valence-corrected chi connectivity index (χ0v) is 16.1. The van der Waals surface area contributed by atoms with Crippen molar-refractivity contribution in [1.29, 1.82) is 0 Å². The Morgan fingerprint density at radius 2 is 1.57 bits per heavy atom. The average Bonchev–Trinajstić information content (AvgIpc) is 2.81. The van der Waals surface area contributed by atoms with Crippen molar-refractivity contribution in [2.24, 2.45) is 0 Å². The zero-order valence-electron chi connectivity index (χ0n) is 16.1. The number of carbonyl (C=O) groups is 2. The third kappa shape index (κ3) is 4.67. The van der Waals surface area contributed by atoms with Gasteiger partial charge in [0.1, 0.15) is 6.61 Å². The van der Waals surface area contributed by atoms with Crippen LogP contribution in [0.3, 0.4) is 0 Å². The van der Waals surface area contributed by atoms with E-state index in [-0.39, 0.29) is 6.61 Å². The third-order valence-electron chi connectivity index (χ3n) is 4.53. The lowest BCUT2D eigenvalue weighted by Crippen LogP contribution is -2.50. The van der Waals surface area contributed by atoms with E-state index in [0.29, 0.717) is 11.5 Å². The summed E-state index contributed by atoms with van der Waals surface area (Å²) in [6.07, 6.45) is 2.20. The van der Waals surface area contributed by atoms with E-state index in [1.54, 1.807) is 24.3 Å². The Morgan fingerprint density at radius 3 is 2.40 bits per heavy atom. The minimum atomic E-state index is -0.841. The van der Waals surface area contributed by atoms with Crippen molar-refractivity contribution in [3.8, 4) is 22.6 Å². The summed E-state index contributed by atoms with van der Waals surface area (Å²) in [5.41, 5.74) is 7.75. The molecule has 1 heterocycles. The predicted molar refractivity (Wildman–Crippen MR) is 114 cm³/mol. The molecule has 150 valence electrons. The highest BCUT2D eigenvalue weighted by Crippen LogP contribution is 2.30. The molecule has 1 atom stereocenters. The van der Waals surface area contributed by atoms with Crippen LogP contribution in [-0.4, -0.2) is 24.5 Å². The molecule has 1 aliphatic rings. The maximum absolute atomic E-state index is 12.2. The number of fused-ring (bicyclic) bond motifs is 1. The Hall–Kier alpha value is -4.06. The maximum atomic E-state index is 12.2. The standard InChI is InChI=1S/C24H20N2O4/c27-23(14-13-17-7-6-10-19(15-17)18-8-2-1-3-9-18)25-26-24(28)22-16-29-20-11-4-5-12-21(20)30-22/h1-15,22H,16H2,(H,25,27)(H,26,28)/b14-13+. The minimum Gasteiger partial charge on any atom is -0.485 e. The number of hydrogen-bond donors (Lipinski definition) is 2. The number of hydrazine groups is 1. The van der Waals surface area contributed by atoms with Gasteiger partial charge < -0.3 is 9.47 Å². The second kappa shape index (κ2) is 8.96. The minimum absolute atomic E-state index is 0.0703. The molecule has 0 spiro atoms. The molecule has 0 aromatic heterocycles. The van der Waals surface area contributed by atoms with Gasteiger partial charge in [0.2, 0.25) is 6.10 Å². The third-order valence-corrected chi connectivity index (χ3v) is 4.53. The SMILES string of the molecule is O=C(/C=C/c1cccc(-c2ccccc2)c1)NNC(=O)C1COc2ccccc2O1. The lowest BCUT2D eigenvalue weighted by Gasteiger charge is -2.25. The van der Waals surface area contributed by atoms with Crippen LogP contribution in [0, 0.1) is 0 Å². The smallest absolute Gasteiger partial charge is 0.283 e. The van der Waals surface area contributed by atoms with Crippen LogP contribution >= 0.6 is 0 Å². The van der Waals surface area contributed by atoms with E-state index in [9.17, 15) is 9.59 Å². The number of benzene rings is 3. The molecule has 30 heavy (non-hydrogen) atoms. The summed E-state index contributed by atoms with van der Waals surface area (Å²) in [7, 11) is 0. The van der Waals surface area contributed by atoms with Crippen LogP contribution in [0.1, 0.15) is 5.56 Å². The fourth-order valence-electron chi connectivity index (χ4n) is 3.02. The second-order valence-corrected chi connectivity index (χ2v) is 6.67. The average molecular weight is 400 g/mol. The monoisotopic (exact) mass is 400 g/mol. The Labute approximate surface area is 174 Å². The predicted octanol–water partition coefficient (Wildman–Crippen LogP) is 3.35. The second-order valence-electron chi connectivity index (χ2n) is 6.67. The Morgan fingerprint density at radius 1 is 0.833 bits per heavy atom. The molecule has 2 N–H and O–H groups in total. The Bertz CT molecular complexity index is 1080. The highest BCUT2D eigenvalue weighted by Gasteiger charge is 2.27. The quantitative estimate of drug-likeness (QED) is 0.520. The van der Waals surface area contributed by atoms with Gasteiger partial charge in [-0.2, -0.15) is 0 Å². The van der Waals surface area contributed by atoms with Gasteiger partial charge in [-0.15, -0.1) is 0 Å². The number of hydrogen-bond acceptors (Lipinski definition) is 4. The molecule has 0 aliphatic carbocycles. The van der Waals surface area contributed by atoms with Crippen LogP contribution in [0.15, 0.2) is 84.9 Å². The molecule has 3 aromatic rings. The molecular formula is C24H20N2O4. The van der Waals surface area contributed by atoms with E-state index < -0.39 is 17.9 Å². The van der Waals surface area contributed by atoms with Crippen LogP contribution < -0.4 is 20.3 Å². The van der Waals surface area contributed by atoms with Crippen molar-refractivity contribution in [2.45, 2.75) is 6.10 Å². The van der Waals surface area contributed by atoms with Crippen LogP contribution in [0.2, 0.25) is 0 Å². The number of amides is 2. The van der Waals surface area contributed by atoms with Gasteiger partial charge in [0.15, 0.2) is 11.5 Å². The van der Waals surface area contributed by atoms with Crippen LogP contribution in [0.25, 0.3) is 17.2 Å². The van der Waals surface area contributed by atoms with E-state index in [1.807, 2.05) is 60.7 Å². The lowest BCUT2D eigenvalue weighted by molar-refractivity contribution is -0.134. The zero-order chi connectivity index (χ0) is 20.8. The van der Waals surface area contributed by atoms with Gasteiger partial charge in [0.05, 0.1) is 0 Å². The van der Waals surface area contributed by atoms with E-state index in [0.717, 1.165) is 16.7 Å². The van der Waals surface area contributed by atoms with Crippen LogP contribution in [0.4, 0.5) is 0 Å². The molecule has 0 saturated heterocycles. The number of rotatable bonds is 4. The van der Waals surface area contributed by atoms with E-state index in [1.165, 1.54) is 6.08 Å². The van der Waals surface area contributed by atoms with E-state index >= 15 is 0 Å². The molecule has 6 nitrogen and oxygen atoms in total. The van der Waals surface area contributed by atoms with Gasteiger partial charge in [0.25, 0.3) is 11.8 Å². The molecule has 1 aliphatic heterocycles. The molecular weight excluding hydrogens is 380 g/mol. The van der Waals surface area contributed by atoms with Gasteiger partial charge in [-0.05, 0) is 41.0 Å². The highest BCUT2D eigenvalue weighted by molar-refractivity contribution is 5.93. The lowest BCUT2D eigenvalue weighted by atomic mass is 10.0. The van der Waals surface area contributed by atoms with Crippen molar-refractivity contribution in [3.05, 3.63) is 90.5 Å². The largest absolute Gasteiger partial charge is 0.485 e.